The number of carbonyl (C=O) groups is 1. The van der Waals surface area contributed by atoms with Crippen LogP contribution in [0.3, 0.4) is 0 Å². The summed E-state index contributed by atoms with van der Waals surface area (Å²) in [7, 11) is 3.84. The Morgan fingerprint density at radius 1 is 1.20 bits per heavy atom. The van der Waals surface area contributed by atoms with Gasteiger partial charge < -0.3 is 24.4 Å². The molecule has 0 radical (unpaired) electrons. The number of imidazole rings is 1. The number of rotatable bonds is 7. The molecule has 1 atom stereocenters. The third-order valence-electron chi connectivity index (χ3n) is 6.36. The monoisotopic (exact) mass is 411 g/mol. The van der Waals surface area contributed by atoms with Crippen molar-refractivity contribution < 1.29 is 9.53 Å². The number of likely N-dealkylation sites (N-methyl/N-ethyl adjacent to an activating group) is 1. The Labute approximate surface area is 179 Å². The van der Waals surface area contributed by atoms with Crippen LogP contribution in [0.15, 0.2) is 30.5 Å². The first-order chi connectivity index (χ1) is 14.6. The van der Waals surface area contributed by atoms with Crippen LogP contribution in [-0.2, 0) is 17.8 Å². The number of methoxy groups -OCH3 is 1. The number of hydrogen-bond donors (Lipinski definition) is 1. The SMILES string of the molecule is COc1ccc(-c2cnc3n2CC(C(=O)NCCCN2CCN(C)CC2)CC3)cc1. The van der Waals surface area contributed by atoms with Crippen LogP contribution in [-0.4, -0.2) is 78.7 Å². The summed E-state index contributed by atoms with van der Waals surface area (Å²) in [5, 5.41) is 3.17. The Morgan fingerprint density at radius 3 is 2.70 bits per heavy atom. The fourth-order valence-corrected chi connectivity index (χ4v) is 4.37. The summed E-state index contributed by atoms with van der Waals surface area (Å²) < 4.78 is 7.47. The maximum atomic E-state index is 12.8. The highest BCUT2D eigenvalue weighted by atomic mass is 16.5. The third kappa shape index (κ3) is 4.84. The molecule has 1 amide bonds. The van der Waals surface area contributed by atoms with Gasteiger partial charge in [-0.2, -0.15) is 0 Å². The average Bonchev–Trinajstić information content (AvgIpc) is 3.21. The maximum absolute atomic E-state index is 12.8. The fraction of sp³-hybridized carbons (Fsp3) is 0.565. The Balaban J connectivity index is 1.29. The standard InChI is InChI=1S/C23H33N5O2/c1-26-12-14-27(15-13-26)11-3-10-24-23(29)19-6-9-22-25-16-21(28(22)17-19)18-4-7-20(30-2)8-5-18/h4-5,7-8,16,19H,3,6,9-15,17H2,1-2H3,(H,24,29). The van der Waals surface area contributed by atoms with Gasteiger partial charge in [-0.25, -0.2) is 4.98 Å². The first-order valence-electron chi connectivity index (χ1n) is 11.0. The van der Waals surface area contributed by atoms with Gasteiger partial charge in [0.2, 0.25) is 5.91 Å². The number of hydrogen-bond acceptors (Lipinski definition) is 5. The van der Waals surface area contributed by atoms with Gasteiger partial charge in [-0.3, -0.25) is 4.79 Å². The molecule has 0 bridgehead atoms. The van der Waals surface area contributed by atoms with Crippen LogP contribution in [0.25, 0.3) is 11.3 Å². The topological polar surface area (TPSA) is 62.6 Å². The van der Waals surface area contributed by atoms with E-state index in [1.165, 1.54) is 0 Å². The lowest BCUT2D eigenvalue weighted by Gasteiger charge is -2.32. The number of piperazine rings is 1. The first-order valence-corrected chi connectivity index (χ1v) is 11.0. The molecule has 3 heterocycles. The Kier molecular flexibility index (Phi) is 6.69. The zero-order valence-corrected chi connectivity index (χ0v) is 18.1. The number of ether oxygens (including phenoxy) is 1. The van der Waals surface area contributed by atoms with Crippen LogP contribution in [0.4, 0.5) is 0 Å². The molecule has 1 fully saturated rings. The minimum absolute atomic E-state index is 0.00679. The van der Waals surface area contributed by atoms with Crippen LogP contribution in [0.5, 0.6) is 5.75 Å². The van der Waals surface area contributed by atoms with E-state index in [4.69, 9.17) is 4.74 Å². The van der Waals surface area contributed by atoms with E-state index >= 15 is 0 Å². The normalized spacial score (nSPS) is 20.0. The second kappa shape index (κ2) is 9.62. The molecule has 162 valence electrons. The molecule has 1 aromatic carbocycles. The van der Waals surface area contributed by atoms with E-state index in [-0.39, 0.29) is 11.8 Å². The maximum Gasteiger partial charge on any atom is 0.224 e. The van der Waals surface area contributed by atoms with Crippen LogP contribution in [0.2, 0.25) is 0 Å². The first kappa shape index (κ1) is 20.9. The number of aryl methyl sites for hydroxylation is 1. The number of aromatic nitrogens is 2. The summed E-state index contributed by atoms with van der Waals surface area (Å²) in [6, 6.07) is 8.02. The molecular weight excluding hydrogens is 378 g/mol. The van der Waals surface area contributed by atoms with Gasteiger partial charge in [0.15, 0.2) is 0 Å². The zero-order valence-electron chi connectivity index (χ0n) is 18.1. The van der Waals surface area contributed by atoms with Crippen molar-refractivity contribution in [3.05, 3.63) is 36.3 Å². The Bertz CT molecular complexity index is 840. The summed E-state index contributed by atoms with van der Waals surface area (Å²) >= 11 is 0. The number of benzene rings is 1. The summed E-state index contributed by atoms with van der Waals surface area (Å²) in [4.78, 5) is 22.2. The molecule has 2 aliphatic rings. The lowest BCUT2D eigenvalue weighted by molar-refractivity contribution is -0.125. The highest BCUT2D eigenvalue weighted by Gasteiger charge is 2.27. The van der Waals surface area contributed by atoms with Crippen molar-refractivity contribution in [2.75, 3.05) is 53.4 Å². The van der Waals surface area contributed by atoms with E-state index in [9.17, 15) is 4.79 Å². The number of nitrogens with zero attached hydrogens (tertiary/aromatic N) is 4. The van der Waals surface area contributed by atoms with E-state index < -0.39 is 0 Å². The molecular formula is C23H33N5O2. The van der Waals surface area contributed by atoms with Gasteiger partial charge in [0.25, 0.3) is 0 Å². The summed E-state index contributed by atoms with van der Waals surface area (Å²) in [5.74, 6) is 2.09. The predicted molar refractivity (Wildman–Crippen MR) is 118 cm³/mol. The minimum atomic E-state index is 0.00679. The van der Waals surface area contributed by atoms with Gasteiger partial charge in [0.05, 0.1) is 24.9 Å². The molecule has 1 aromatic heterocycles. The summed E-state index contributed by atoms with van der Waals surface area (Å²) in [6.45, 7) is 7.04. The van der Waals surface area contributed by atoms with Gasteiger partial charge in [-0.15, -0.1) is 0 Å². The molecule has 1 unspecified atom stereocenters. The van der Waals surface area contributed by atoms with Gasteiger partial charge in [-0.1, -0.05) is 0 Å². The van der Waals surface area contributed by atoms with Gasteiger partial charge in [0.1, 0.15) is 11.6 Å². The Morgan fingerprint density at radius 2 is 1.97 bits per heavy atom. The summed E-state index contributed by atoms with van der Waals surface area (Å²) in [6.07, 6.45) is 4.64. The molecule has 2 aliphatic heterocycles. The molecule has 30 heavy (non-hydrogen) atoms. The minimum Gasteiger partial charge on any atom is -0.497 e. The molecule has 0 spiro atoms. The number of nitrogens with one attached hydrogen (secondary N) is 1. The van der Waals surface area contributed by atoms with E-state index in [1.54, 1.807) is 7.11 Å². The lowest BCUT2D eigenvalue weighted by atomic mass is 9.98. The van der Waals surface area contributed by atoms with Crippen molar-refractivity contribution in [3.8, 4) is 17.0 Å². The van der Waals surface area contributed by atoms with Crippen molar-refractivity contribution in [2.45, 2.75) is 25.8 Å². The van der Waals surface area contributed by atoms with Gasteiger partial charge in [-0.05, 0) is 50.7 Å². The number of amides is 1. The quantitative estimate of drug-likeness (QED) is 0.705. The third-order valence-corrected chi connectivity index (χ3v) is 6.36. The largest absolute Gasteiger partial charge is 0.497 e. The van der Waals surface area contributed by atoms with Crippen molar-refractivity contribution in [2.24, 2.45) is 5.92 Å². The Hall–Kier alpha value is -2.38. The van der Waals surface area contributed by atoms with Crippen LogP contribution in [0, 0.1) is 5.92 Å². The van der Waals surface area contributed by atoms with Gasteiger partial charge >= 0.3 is 0 Å². The second-order valence-electron chi connectivity index (χ2n) is 8.42. The number of carbonyl (C=O) groups excluding carboxylic acids is 1. The smallest absolute Gasteiger partial charge is 0.224 e. The molecule has 1 N–H and O–H groups in total. The summed E-state index contributed by atoms with van der Waals surface area (Å²) in [5.41, 5.74) is 2.17. The molecule has 0 saturated carbocycles. The van der Waals surface area contributed by atoms with Crippen molar-refractivity contribution in [3.63, 3.8) is 0 Å². The number of fused-ring (bicyclic) bond motifs is 1. The van der Waals surface area contributed by atoms with Crippen molar-refractivity contribution in [1.82, 2.24) is 24.7 Å². The molecule has 1 saturated heterocycles. The molecule has 7 heteroatoms. The molecule has 0 aliphatic carbocycles. The van der Waals surface area contributed by atoms with Crippen molar-refractivity contribution >= 4 is 5.91 Å². The highest BCUT2D eigenvalue weighted by Crippen LogP contribution is 2.28. The van der Waals surface area contributed by atoms with Crippen molar-refractivity contribution in [1.29, 1.82) is 0 Å². The highest BCUT2D eigenvalue weighted by molar-refractivity contribution is 5.79. The van der Waals surface area contributed by atoms with Crippen LogP contribution in [0.1, 0.15) is 18.7 Å². The van der Waals surface area contributed by atoms with E-state index in [0.717, 1.165) is 81.4 Å². The lowest BCUT2D eigenvalue weighted by Crippen LogP contribution is -2.45. The second-order valence-corrected chi connectivity index (χ2v) is 8.42. The predicted octanol–water partition coefficient (Wildman–Crippen LogP) is 1.87. The van der Waals surface area contributed by atoms with E-state index in [1.807, 2.05) is 30.5 Å². The van der Waals surface area contributed by atoms with Crippen LogP contribution < -0.4 is 10.1 Å². The molecule has 7 nitrogen and oxygen atoms in total. The zero-order chi connectivity index (χ0) is 20.9. The molecule has 2 aromatic rings. The fourth-order valence-electron chi connectivity index (χ4n) is 4.37. The van der Waals surface area contributed by atoms with E-state index in [0.29, 0.717) is 6.54 Å². The van der Waals surface area contributed by atoms with Gasteiger partial charge in [0, 0.05) is 51.3 Å². The average molecular weight is 412 g/mol. The van der Waals surface area contributed by atoms with Crippen LogP contribution >= 0.6 is 0 Å². The molecule has 4 rings (SSSR count). The van der Waals surface area contributed by atoms with E-state index in [2.05, 4.69) is 31.7 Å².